The molecule has 0 aromatic carbocycles. The van der Waals surface area contributed by atoms with E-state index < -0.39 is 5.60 Å². The van der Waals surface area contributed by atoms with Crippen LogP contribution in [0.5, 0.6) is 0 Å². The van der Waals surface area contributed by atoms with E-state index in [9.17, 15) is 5.11 Å². The van der Waals surface area contributed by atoms with E-state index in [4.69, 9.17) is 0 Å². The third-order valence-electron chi connectivity index (χ3n) is 4.32. The standard InChI is InChI=1S/C13H26N2O/c1-3-13(16,4-2)10-14-11-7-8-15(9-11)12-5-6-12/h11-12,14,16H,3-10H2,1-2H3. The molecule has 1 saturated heterocycles. The minimum Gasteiger partial charge on any atom is -0.389 e. The monoisotopic (exact) mass is 226 g/mol. The van der Waals surface area contributed by atoms with Crippen molar-refractivity contribution < 1.29 is 5.11 Å². The normalized spacial score (nSPS) is 27.6. The van der Waals surface area contributed by atoms with Crippen LogP contribution < -0.4 is 5.32 Å². The summed E-state index contributed by atoms with van der Waals surface area (Å²) >= 11 is 0. The molecule has 3 nitrogen and oxygen atoms in total. The number of hydrogen-bond acceptors (Lipinski definition) is 3. The first kappa shape index (κ1) is 12.3. The van der Waals surface area contributed by atoms with Crippen molar-refractivity contribution in [1.82, 2.24) is 10.2 Å². The van der Waals surface area contributed by atoms with Gasteiger partial charge in [-0.25, -0.2) is 0 Å². The summed E-state index contributed by atoms with van der Waals surface area (Å²) < 4.78 is 0. The second kappa shape index (κ2) is 5.03. The van der Waals surface area contributed by atoms with Gasteiger partial charge in [0.25, 0.3) is 0 Å². The molecule has 0 amide bonds. The van der Waals surface area contributed by atoms with Crippen LogP contribution in [-0.2, 0) is 0 Å². The number of hydrogen-bond donors (Lipinski definition) is 2. The van der Waals surface area contributed by atoms with Crippen molar-refractivity contribution in [3.8, 4) is 0 Å². The van der Waals surface area contributed by atoms with Gasteiger partial charge in [-0.1, -0.05) is 13.8 Å². The van der Waals surface area contributed by atoms with Gasteiger partial charge in [-0.3, -0.25) is 4.90 Å². The topological polar surface area (TPSA) is 35.5 Å². The summed E-state index contributed by atoms with van der Waals surface area (Å²) in [4.78, 5) is 2.61. The lowest BCUT2D eigenvalue weighted by molar-refractivity contribution is 0.0301. The smallest absolute Gasteiger partial charge is 0.0766 e. The van der Waals surface area contributed by atoms with Crippen molar-refractivity contribution in [1.29, 1.82) is 0 Å². The number of aliphatic hydroxyl groups is 1. The second-order valence-electron chi connectivity index (χ2n) is 5.52. The Bertz CT molecular complexity index is 224. The molecule has 0 bridgehead atoms. The summed E-state index contributed by atoms with van der Waals surface area (Å²) in [6.45, 7) is 7.32. The van der Waals surface area contributed by atoms with Gasteiger partial charge in [0.1, 0.15) is 0 Å². The number of nitrogens with one attached hydrogen (secondary N) is 1. The van der Waals surface area contributed by atoms with E-state index in [1.54, 1.807) is 0 Å². The second-order valence-corrected chi connectivity index (χ2v) is 5.52. The van der Waals surface area contributed by atoms with Crippen molar-refractivity contribution in [2.24, 2.45) is 0 Å². The van der Waals surface area contributed by atoms with Gasteiger partial charge < -0.3 is 10.4 Å². The Morgan fingerprint density at radius 1 is 1.25 bits per heavy atom. The third-order valence-corrected chi connectivity index (χ3v) is 4.32. The van der Waals surface area contributed by atoms with Gasteiger partial charge in [-0.2, -0.15) is 0 Å². The summed E-state index contributed by atoms with van der Waals surface area (Å²) in [5.74, 6) is 0. The summed E-state index contributed by atoms with van der Waals surface area (Å²) in [5.41, 5.74) is -0.493. The molecule has 94 valence electrons. The van der Waals surface area contributed by atoms with E-state index in [2.05, 4.69) is 24.1 Å². The fourth-order valence-corrected chi connectivity index (χ4v) is 2.56. The highest BCUT2D eigenvalue weighted by Crippen LogP contribution is 2.29. The van der Waals surface area contributed by atoms with Crippen LogP contribution in [0.15, 0.2) is 0 Å². The van der Waals surface area contributed by atoms with Gasteiger partial charge >= 0.3 is 0 Å². The summed E-state index contributed by atoms with van der Waals surface area (Å²) in [7, 11) is 0. The summed E-state index contributed by atoms with van der Waals surface area (Å²) in [6.07, 6.45) is 5.74. The molecule has 0 aromatic heterocycles. The molecule has 2 rings (SSSR count). The fourth-order valence-electron chi connectivity index (χ4n) is 2.56. The van der Waals surface area contributed by atoms with Crippen molar-refractivity contribution in [2.45, 2.75) is 63.6 Å². The van der Waals surface area contributed by atoms with Crippen LogP contribution in [0.4, 0.5) is 0 Å². The van der Waals surface area contributed by atoms with Crippen LogP contribution in [0, 0.1) is 0 Å². The maximum Gasteiger partial charge on any atom is 0.0766 e. The SMILES string of the molecule is CCC(O)(CC)CNC1CCN(C2CC2)C1. The molecule has 2 N–H and O–H groups in total. The average molecular weight is 226 g/mol. The van der Waals surface area contributed by atoms with Crippen LogP contribution in [0.25, 0.3) is 0 Å². The van der Waals surface area contributed by atoms with Gasteiger partial charge in [0.2, 0.25) is 0 Å². The van der Waals surface area contributed by atoms with E-state index in [1.165, 1.54) is 32.4 Å². The van der Waals surface area contributed by atoms with E-state index in [0.717, 1.165) is 25.4 Å². The molecule has 0 radical (unpaired) electrons. The van der Waals surface area contributed by atoms with Crippen LogP contribution >= 0.6 is 0 Å². The molecule has 0 aromatic rings. The number of rotatable bonds is 6. The Balaban J connectivity index is 1.70. The third kappa shape index (κ3) is 2.96. The van der Waals surface area contributed by atoms with E-state index in [-0.39, 0.29) is 0 Å². The largest absolute Gasteiger partial charge is 0.389 e. The Morgan fingerprint density at radius 2 is 1.94 bits per heavy atom. The Hall–Kier alpha value is -0.120. The Morgan fingerprint density at radius 3 is 2.50 bits per heavy atom. The molecule has 3 heteroatoms. The minimum atomic E-state index is -0.493. The zero-order chi connectivity index (χ0) is 11.6. The molecular weight excluding hydrogens is 200 g/mol. The molecule has 1 atom stereocenters. The van der Waals surface area contributed by atoms with Crippen LogP contribution in [-0.4, -0.2) is 47.3 Å². The molecule has 1 saturated carbocycles. The number of nitrogens with zero attached hydrogens (tertiary/aromatic N) is 1. The van der Waals surface area contributed by atoms with E-state index in [0.29, 0.717) is 6.04 Å². The average Bonchev–Trinajstić information content (AvgIpc) is 3.06. The first-order valence-corrected chi connectivity index (χ1v) is 6.86. The van der Waals surface area contributed by atoms with Crippen molar-refractivity contribution in [3.63, 3.8) is 0 Å². The highest BCUT2D eigenvalue weighted by atomic mass is 16.3. The fraction of sp³-hybridized carbons (Fsp3) is 1.00. The van der Waals surface area contributed by atoms with Crippen LogP contribution in [0.2, 0.25) is 0 Å². The molecule has 16 heavy (non-hydrogen) atoms. The lowest BCUT2D eigenvalue weighted by atomic mass is 9.97. The lowest BCUT2D eigenvalue weighted by Crippen LogP contribution is -2.44. The first-order valence-electron chi connectivity index (χ1n) is 6.86. The Labute approximate surface area is 99.2 Å². The predicted octanol–water partition coefficient (Wildman–Crippen LogP) is 1.36. The first-order chi connectivity index (χ1) is 7.67. The molecule has 2 aliphatic rings. The molecule has 1 heterocycles. The van der Waals surface area contributed by atoms with Crippen molar-refractivity contribution >= 4 is 0 Å². The van der Waals surface area contributed by atoms with E-state index in [1.807, 2.05) is 0 Å². The summed E-state index contributed by atoms with van der Waals surface area (Å²) in [6, 6.07) is 1.49. The van der Waals surface area contributed by atoms with Crippen molar-refractivity contribution in [2.75, 3.05) is 19.6 Å². The van der Waals surface area contributed by atoms with Gasteiger partial charge in [-0.05, 0) is 32.1 Å². The Kier molecular flexibility index (Phi) is 3.88. The molecule has 0 spiro atoms. The van der Waals surface area contributed by atoms with Gasteiger partial charge in [0, 0.05) is 31.7 Å². The maximum absolute atomic E-state index is 10.2. The molecule has 1 unspecified atom stereocenters. The van der Waals surface area contributed by atoms with Crippen LogP contribution in [0.1, 0.15) is 46.0 Å². The lowest BCUT2D eigenvalue weighted by Gasteiger charge is -2.27. The predicted molar refractivity (Wildman–Crippen MR) is 66.5 cm³/mol. The van der Waals surface area contributed by atoms with Gasteiger partial charge in [0.15, 0.2) is 0 Å². The zero-order valence-electron chi connectivity index (χ0n) is 10.7. The van der Waals surface area contributed by atoms with Gasteiger partial charge in [-0.15, -0.1) is 0 Å². The summed E-state index contributed by atoms with van der Waals surface area (Å²) in [5, 5.41) is 13.7. The number of likely N-dealkylation sites (tertiary alicyclic amines) is 1. The highest BCUT2D eigenvalue weighted by Gasteiger charge is 2.34. The quantitative estimate of drug-likeness (QED) is 0.718. The highest BCUT2D eigenvalue weighted by molar-refractivity contribution is 4.92. The zero-order valence-corrected chi connectivity index (χ0v) is 10.7. The molecule has 1 aliphatic carbocycles. The minimum absolute atomic E-state index is 0.493. The van der Waals surface area contributed by atoms with Gasteiger partial charge in [0.05, 0.1) is 5.60 Å². The molecule has 2 fully saturated rings. The van der Waals surface area contributed by atoms with Crippen molar-refractivity contribution in [3.05, 3.63) is 0 Å². The van der Waals surface area contributed by atoms with E-state index >= 15 is 0 Å². The molecule has 1 aliphatic heterocycles. The molecular formula is C13H26N2O. The maximum atomic E-state index is 10.2. The van der Waals surface area contributed by atoms with Crippen LogP contribution in [0.3, 0.4) is 0 Å².